The van der Waals surface area contributed by atoms with Crippen LogP contribution in [0.25, 0.3) is 0 Å². The van der Waals surface area contributed by atoms with Crippen LogP contribution in [0, 0.1) is 19.8 Å². The number of hydrogen-bond donors (Lipinski definition) is 0. The van der Waals surface area contributed by atoms with Gasteiger partial charge in [0.25, 0.3) is 5.91 Å². The fraction of sp³-hybridized carbons (Fsp3) is 0.647. The quantitative estimate of drug-likeness (QED) is 0.857. The predicted molar refractivity (Wildman–Crippen MR) is 86.8 cm³/mol. The van der Waals surface area contributed by atoms with E-state index in [9.17, 15) is 9.59 Å². The van der Waals surface area contributed by atoms with Gasteiger partial charge in [-0.2, -0.15) is 0 Å². The lowest BCUT2D eigenvalue weighted by Crippen LogP contribution is -2.50. The van der Waals surface area contributed by atoms with Gasteiger partial charge in [0.2, 0.25) is 5.91 Å². The van der Waals surface area contributed by atoms with Gasteiger partial charge in [-0.05, 0) is 25.8 Å². The van der Waals surface area contributed by atoms with E-state index in [-0.39, 0.29) is 11.8 Å². The van der Waals surface area contributed by atoms with Crippen LogP contribution in [0.5, 0.6) is 0 Å². The third-order valence-electron chi connectivity index (χ3n) is 4.51. The third kappa shape index (κ3) is 3.34. The Morgan fingerprint density at radius 3 is 2.09 bits per heavy atom. The van der Waals surface area contributed by atoms with Crippen LogP contribution in [0.15, 0.2) is 6.07 Å². The summed E-state index contributed by atoms with van der Waals surface area (Å²) in [6.45, 7) is 10.6. The van der Waals surface area contributed by atoms with Crippen molar-refractivity contribution in [1.29, 1.82) is 0 Å². The van der Waals surface area contributed by atoms with E-state index in [1.807, 2.05) is 41.3 Å². The number of rotatable bonds is 3. The van der Waals surface area contributed by atoms with E-state index < -0.39 is 0 Å². The first-order valence-electron chi connectivity index (χ1n) is 8.01. The molecule has 0 aromatic carbocycles. The van der Waals surface area contributed by atoms with Crippen molar-refractivity contribution in [1.82, 2.24) is 14.4 Å². The SMILES string of the molecule is Cc1cc(C(=O)N2CCN(C(=O)CC(C)C)CC2)c(C)n1C. The van der Waals surface area contributed by atoms with E-state index in [4.69, 9.17) is 0 Å². The second kappa shape index (κ2) is 6.55. The summed E-state index contributed by atoms with van der Waals surface area (Å²) < 4.78 is 2.04. The Balaban J connectivity index is 1.98. The first-order chi connectivity index (χ1) is 10.3. The zero-order valence-electron chi connectivity index (χ0n) is 14.3. The summed E-state index contributed by atoms with van der Waals surface area (Å²) >= 11 is 0. The maximum absolute atomic E-state index is 12.6. The normalized spacial score (nSPS) is 15.5. The molecule has 0 aliphatic carbocycles. The van der Waals surface area contributed by atoms with Crippen LogP contribution >= 0.6 is 0 Å². The van der Waals surface area contributed by atoms with Crippen molar-refractivity contribution in [2.45, 2.75) is 34.1 Å². The number of aryl methyl sites for hydroxylation is 1. The van der Waals surface area contributed by atoms with Crippen molar-refractivity contribution < 1.29 is 9.59 Å². The van der Waals surface area contributed by atoms with E-state index in [1.165, 1.54) is 0 Å². The summed E-state index contributed by atoms with van der Waals surface area (Å²) in [5, 5.41) is 0. The highest BCUT2D eigenvalue weighted by molar-refractivity contribution is 5.96. The van der Waals surface area contributed by atoms with Crippen molar-refractivity contribution in [2.24, 2.45) is 13.0 Å². The van der Waals surface area contributed by atoms with E-state index in [0.29, 0.717) is 38.5 Å². The predicted octanol–water partition coefficient (Wildman–Crippen LogP) is 1.97. The molecule has 122 valence electrons. The molecule has 1 aliphatic rings. The van der Waals surface area contributed by atoms with Crippen LogP contribution < -0.4 is 0 Å². The van der Waals surface area contributed by atoms with Crippen LogP contribution in [-0.4, -0.2) is 52.4 Å². The Morgan fingerprint density at radius 2 is 1.64 bits per heavy atom. The zero-order valence-corrected chi connectivity index (χ0v) is 14.3. The van der Waals surface area contributed by atoms with Gasteiger partial charge < -0.3 is 14.4 Å². The average Bonchev–Trinajstić information content (AvgIpc) is 2.73. The monoisotopic (exact) mass is 305 g/mol. The minimum Gasteiger partial charge on any atom is -0.351 e. The van der Waals surface area contributed by atoms with Gasteiger partial charge in [-0.25, -0.2) is 0 Å². The van der Waals surface area contributed by atoms with Gasteiger partial charge in [0.15, 0.2) is 0 Å². The van der Waals surface area contributed by atoms with Crippen LogP contribution in [0.4, 0.5) is 0 Å². The van der Waals surface area contributed by atoms with E-state index in [2.05, 4.69) is 13.8 Å². The summed E-state index contributed by atoms with van der Waals surface area (Å²) in [6, 6.07) is 1.95. The lowest BCUT2D eigenvalue weighted by Gasteiger charge is -2.35. The van der Waals surface area contributed by atoms with Crippen LogP contribution in [0.2, 0.25) is 0 Å². The fourth-order valence-corrected chi connectivity index (χ4v) is 2.88. The number of piperazine rings is 1. The molecule has 0 N–H and O–H groups in total. The van der Waals surface area contributed by atoms with Gasteiger partial charge >= 0.3 is 0 Å². The van der Waals surface area contributed by atoms with Crippen LogP contribution in [0.1, 0.15) is 42.0 Å². The molecule has 1 saturated heterocycles. The summed E-state index contributed by atoms with van der Waals surface area (Å²) in [4.78, 5) is 28.5. The molecule has 0 saturated carbocycles. The van der Waals surface area contributed by atoms with Crippen molar-refractivity contribution >= 4 is 11.8 Å². The molecule has 0 radical (unpaired) electrons. The maximum Gasteiger partial charge on any atom is 0.255 e. The number of carbonyl (C=O) groups excluding carboxylic acids is 2. The Labute approximate surface area is 132 Å². The lowest BCUT2D eigenvalue weighted by atomic mass is 10.1. The number of amides is 2. The molecule has 0 spiro atoms. The molecule has 2 heterocycles. The minimum atomic E-state index is 0.0807. The van der Waals surface area contributed by atoms with Crippen LogP contribution in [-0.2, 0) is 11.8 Å². The number of aromatic nitrogens is 1. The molecule has 1 aliphatic heterocycles. The summed E-state index contributed by atoms with van der Waals surface area (Å²) in [6.07, 6.45) is 0.588. The van der Waals surface area contributed by atoms with Gasteiger partial charge in [-0.15, -0.1) is 0 Å². The second-order valence-corrected chi connectivity index (χ2v) is 6.61. The fourth-order valence-electron chi connectivity index (χ4n) is 2.88. The molecule has 0 unspecified atom stereocenters. The van der Waals surface area contributed by atoms with Crippen molar-refractivity contribution in [2.75, 3.05) is 26.2 Å². The highest BCUT2D eigenvalue weighted by atomic mass is 16.2. The van der Waals surface area contributed by atoms with Gasteiger partial charge in [-0.1, -0.05) is 13.8 Å². The van der Waals surface area contributed by atoms with Crippen molar-refractivity contribution in [3.8, 4) is 0 Å². The van der Waals surface area contributed by atoms with Gasteiger partial charge in [0, 0.05) is 51.0 Å². The topological polar surface area (TPSA) is 45.6 Å². The molecular weight excluding hydrogens is 278 g/mol. The standard InChI is InChI=1S/C17H27N3O2/c1-12(2)10-16(21)19-6-8-20(9-7-19)17(22)15-11-13(3)18(5)14(15)4/h11-12H,6-10H2,1-5H3. The first-order valence-corrected chi connectivity index (χ1v) is 8.01. The maximum atomic E-state index is 12.6. The van der Waals surface area contributed by atoms with Crippen LogP contribution in [0.3, 0.4) is 0 Å². The smallest absolute Gasteiger partial charge is 0.255 e. The third-order valence-corrected chi connectivity index (χ3v) is 4.51. The minimum absolute atomic E-state index is 0.0807. The average molecular weight is 305 g/mol. The Morgan fingerprint density at radius 1 is 1.09 bits per heavy atom. The number of nitrogens with zero attached hydrogens (tertiary/aromatic N) is 3. The van der Waals surface area contributed by atoms with E-state index >= 15 is 0 Å². The van der Waals surface area contributed by atoms with E-state index in [0.717, 1.165) is 17.0 Å². The lowest BCUT2D eigenvalue weighted by molar-refractivity contribution is -0.133. The molecule has 2 amide bonds. The summed E-state index contributed by atoms with van der Waals surface area (Å²) in [5.41, 5.74) is 2.87. The highest BCUT2D eigenvalue weighted by Gasteiger charge is 2.26. The van der Waals surface area contributed by atoms with E-state index in [1.54, 1.807) is 0 Å². The van der Waals surface area contributed by atoms with Gasteiger partial charge in [0.1, 0.15) is 0 Å². The molecule has 0 atom stereocenters. The zero-order chi connectivity index (χ0) is 16.4. The molecule has 5 nitrogen and oxygen atoms in total. The first kappa shape index (κ1) is 16.6. The Bertz CT molecular complexity index is 567. The molecule has 5 heteroatoms. The van der Waals surface area contributed by atoms with Gasteiger partial charge in [0.05, 0.1) is 5.56 Å². The molecule has 22 heavy (non-hydrogen) atoms. The summed E-state index contributed by atoms with van der Waals surface area (Å²) in [7, 11) is 1.98. The summed E-state index contributed by atoms with van der Waals surface area (Å²) in [5.74, 6) is 0.660. The molecule has 1 fully saturated rings. The Kier molecular flexibility index (Phi) is 4.94. The number of hydrogen-bond acceptors (Lipinski definition) is 2. The Hall–Kier alpha value is -1.78. The second-order valence-electron chi connectivity index (χ2n) is 6.61. The molecular formula is C17H27N3O2. The molecule has 1 aromatic heterocycles. The van der Waals surface area contributed by atoms with Crippen molar-refractivity contribution in [3.63, 3.8) is 0 Å². The molecule has 1 aromatic rings. The number of carbonyl (C=O) groups is 2. The van der Waals surface area contributed by atoms with Gasteiger partial charge in [-0.3, -0.25) is 9.59 Å². The largest absolute Gasteiger partial charge is 0.351 e. The molecule has 2 rings (SSSR count). The molecule has 0 bridgehead atoms. The van der Waals surface area contributed by atoms with Crippen molar-refractivity contribution in [3.05, 3.63) is 23.0 Å². The highest BCUT2D eigenvalue weighted by Crippen LogP contribution is 2.17.